The van der Waals surface area contributed by atoms with Crippen LogP contribution in [0.2, 0.25) is 0 Å². The number of amides is 3. The highest BCUT2D eigenvalue weighted by atomic mass is 127. The van der Waals surface area contributed by atoms with Crippen LogP contribution in [0.25, 0.3) is 0 Å². The van der Waals surface area contributed by atoms with E-state index in [4.69, 9.17) is 0 Å². The average Bonchev–Trinajstić information content (AvgIpc) is 2.38. The molecule has 2 N–H and O–H groups in total. The maximum atomic E-state index is 11.9. The third kappa shape index (κ3) is 6.22. The first-order valence-corrected chi connectivity index (χ1v) is 6.07. The quantitative estimate of drug-likeness (QED) is 0.459. The molecule has 0 aliphatic rings. The molecule has 2 aromatic rings. The number of rotatable bonds is 2. The Morgan fingerprint density at radius 1 is 0.955 bits per heavy atom. The van der Waals surface area contributed by atoms with Crippen LogP contribution in [0.15, 0.2) is 49.1 Å². The second-order valence-electron chi connectivity index (χ2n) is 4.42. The zero-order chi connectivity index (χ0) is 14.5. The fraction of sp³-hybridized carbons (Fsp3) is 0.143. The number of urea groups is 1. The lowest BCUT2D eigenvalue weighted by molar-refractivity contribution is -0.671. The van der Waals surface area contributed by atoms with Crippen LogP contribution in [0.3, 0.4) is 0 Å². The third-order valence-corrected chi connectivity index (χ3v) is 2.63. The molecule has 2 heterocycles. The van der Waals surface area contributed by atoms with E-state index in [0.717, 1.165) is 0 Å². The lowest BCUT2D eigenvalue weighted by atomic mass is 10.2. The van der Waals surface area contributed by atoms with Crippen LogP contribution in [-0.4, -0.2) is 11.9 Å². The molecular weight excluding hydrogens is 510 g/mol. The first-order chi connectivity index (χ1) is 9.54. The molecule has 0 bridgehead atoms. The first kappa shape index (κ1) is 20.7. The molecule has 0 fully saturated rings. The summed E-state index contributed by atoms with van der Waals surface area (Å²) in [6.07, 6.45) is 7.04. The minimum absolute atomic E-state index is 0. The SMILES string of the molecule is C[n+]1cccc(NC(=O)NC(=O)c2ccc[n+](C)c2)c1.I.I. The molecule has 0 unspecified atom stereocenters. The standard InChI is InChI=1S/C14H14N4O2.2HI/c1-17-7-3-5-11(9-17)13(19)16-14(20)15-12-6-4-8-18(2)10-12;;/h3-10H,1-2H3;2*1H/p+2. The largest absolute Gasteiger partial charge is 0.326 e. The molecule has 22 heavy (non-hydrogen) atoms. The fourth-order valence-electron chi connectivity index (χ4n) is 1.72. The normalized spacial score (nSPS) is 9.00. The van der Waals surface area contributed by atoms with E-state index in [0.29, 0.717) is 11.3 Å². The van der Waals surface area contributed by atoms with Crippen LogP contribution in [0.1, 0.15) is 10.4 Å². The predicted octanol–water partition coefficient (Wildman–Crippen LogP) is 1.53. The number of imide groups is 1. The summed E-state index contributed by atoms with van der Waals surface area (Å²) in [5, 5.41) is 4.88. The molecule has 2 rings (SSSR count). The van der Waals surface area contributed by atoms with Crippen LogP contribution in [0.5, 0.6) is 0 Å². The van der Waals surface area contributed by atoms with Gasteiger partial charge < -0.3 is 5.32 Å². The Bertz CT molecular complexity index is 665. The number of hydrogen-bond donors (Lipinski definition) is 2. The summed E-state index contributed by atoms with van der Waals surface area (Å²) in [5.41, 5.74) is 1.03. The van der Waals surface area contributed by atoms with Crippen molar-refractivity contribution in [3.8, 4) is 0 Å². The number of nitrogens with zero attached hydrogens (tertiary/aromatic N) is 2. The van der Waals surface area contributed by atoms with Crippen molar-refractivity contribution < 1.29 is 18.7 Å². The number of aromatic nitrogens is 2. The number of hydrogen-bond acceptors (Lipinski definition) is 2. The lowest BCUT2D eigenvalue weighted by Crippen LogP contribution is -2.37. The molecule has 0 aliphatic heterocycles. The lowest BCUT2D eigenvalue weighted by Gasteiger charge is -2.04. The molecule has 0 aromatic carbocycles. The molecule has 0 atom stereocenters. The van der Waals surface area contributed by atoms with Crippen LogP contribution < -0.4 is 19.8 Å². The predicted molar refractivity (Wildman–Crippen MR) is 103 cm³/mol. The van der Waals surface area contributed by atoms with Gasteiger partial charge in [0.1, 0.15) is 25.3 Å². The summed E-state index contributed by atoms with van der Waals surface area (Å²) in [7, 11) is 3.65. The fourth-order valence-corrected chi connectivity index (χ4v) is 1.72. The van der Waals surface area contributed by atoms with Gasteiger partial charge in [0.2, 0.25) is 0 Å². The van der Waals surface area contributed by atoms with Gasteiger partial charge in [-0.05, 0) is 12.1 Å². The Morgan fingerprint density at radius 2 is 1.55 bits per heavy atom. The third-order valence-electron chi connectivity index (χ3n) is 2.63. The highest BCUT2D eigenvalue weighted by Gasteiger charge is 2.13. The number of halogens is 2. The summed E-state index contributed by atoms with van der Waals surface area (Å²) >= 11 is 0. The van der Waals surface area contributed by atoms with Gasteiger partial charge in [-0.2, -0.15) is 0 Å². The first-order valence-electron chi connectivity index (χ1n) is 6.07. The Kier molecular flexibility index (Phi) is 9.09. The molecule has 2 aromatic heterocycles. The number of nitrogens with one attached hydrogen (secondary N) is 2. The summed E-state index contributed by atoms with van der Waals surface area (Å²) in [5.74, 6) is -0.445. The highest BCUT2D eigenvalue weighted by molar-refractivity contribution is 14.0. The second kappa shape index (κ2) is 9.66. The van der Waals surface area contributed by atoms with Crippen LogP contribution >= 0.6 is 48.0 Å². The van der Waals surface area contributed by atoms with Gasteiger partial charge in [-0.15, -0.1) is 48.0 Å². The number of aryl methyl sites for hydroxylation is 2. The smallest absolute Gasteiger partial charge is 0.302 e. The maximum absolute atomic E-state index is 11.9. The monoisotopic (exact) mass is 528 g/mol. The minimum Gasteiger partial charge on any atom is -0.302 e. The zero-order valence-electron chi connectivity index (χ0n) is 12.1. The van der Waals surface area contributed by atoms with Gasteiger partial charge in [-0.25, -0.2) is 13.9 Å². The van der Waals surface area contributed by atoms with E-state index < -0.39 is 11.9 Å². The van der Waals surface area contributed by atoms with E-state index in [2.05, 4.69) is 10.6 Å². The topological polar surface area (TPSA) is 66.0 Å². The van der Waals surface area contributed by atoms with Crippen molar-refractivity contribution in [3.05, 3.63) is 54.6 Å². The molecule has 8 heteroatoms. The van der Waals surface area contributed by atoms with Crippen molar-refractivity contribution in [1.82, 2.24) is 5.32 Å². The molecule has 0 spiro atoms. The molecule has 0 saturated carbocycles. The second-order valence-corrected chi connectivity index (χ2v) is 4.42. The van der Waals surface area contributed by atoms with Gasteiger partial charge in [-0.1, -0.05) is 0 Å². The summed E-state index contributed by atoms with van der Waals surface area (Å²) in [6.45, 7) is 0. The van der Waals surface area contributed by atoms with E-state index in [9.17, 15) is 9.59 Å². The van der Waals surface area contributed by atoms with Gasteiger partial charge in [0, 0.05) is 12.1 Å². The van der Waals surface area contributed by atoms with Gasteiger partial charge in [-0.3, -0.25) is 10.1 Å². The van der Waals surface area contributed by atoms with E-state index in [-0.39, 0.29) is 48.0 Å². The number of pyridine rings is 2. The van der Waals surface area contributed by atoms with Gasteiger partial charge in [0.25, 0.3) is 5.91 Å². The van der Waals surface area contributed by atoms with Crippen molar-refractivity contribution in [2.45, 2.75) is 0 Å². The van der Waals surface area contributed by atoms with Crippen molar-refractivity contribution in [2.24, 2.45) is 14.1 Å². The van der Waals surface area contributed by atoms with Crippen LogP contribution in [-0.2, 0) is 14.1 Å². The molecule has 0 aliphatic carbocycles. The molecule has 0 saturated heterocycles. The Balaban J connectivity index is 0.00000220. The molecule has 3 amide bonds. The van der Waals surface area contributed by atoms with E-state index >= 15 is 0 Å². The van der Waals surface area contributed by atoms with Gasteiger partial charge in [0.15, 0.2) is 24.8 Å². The van der Waals surface area contributed by atoms with Crippen molar-refractivity contribution in [3.63, 3.8) is 0 Å². The summed E-state index contributed by atoms with van der Waals surface area (Å²) < 4.78 is 3.54. The number of carbonyl (C=O) groups excluding carboxylic acids is 2. The van der Waals surface area contributed by atoms with Gasteiger partial charge >= 0.3 is 6.03 Å². The van der Waals surface area contributed by atoms with Gasteiger partial charge in [0.05, 0.1) is 0 Å². The Hall–Kier alpha value is -1.30. The van der Waals surface area contributed by atoms with Crippen molar-refractivity contribution in [1.29, 1.82) is 0 Å². The van der Waals surface area contributed by atoms with E-state index in [1.165, 1.54) is 0 Å². The van der Waals surface area contributed by atoms with E-state index in [1.807, 2.05) is 13.2 Å². The molecule has 0 radical (unpaired) electrons. The number of carbonyl (C=O) groups is 2. The Labute approximate surface area is 163 Å². The molecule has 118 valence electrons. The van der Waals surface area contributed by atoms with Crippen LogP contribution in [0, 0.1) is 0 Å². The average molecular weight is 528 g/mol. The minimum atomic E-state index is -0.562. The van der Waals surface area contributed by atoms with E-state index in [1.54, 1.807) is 59.0 Å². The van der Waals surface area contributed by atoms with Crippen molar-refractivity contribution >= 4 is 65.6 Å². The van der Waals surface area contributed by atoms with Crippen molar-refractivity contribution in [2.75, 3.05) is 5.32 Å². The van der Waals surface area contributed by atoms with Crippen LogP contribution in [0.4, 0.5) is 10.5 Å². The zero-order valence-corrected chi connectivity index (χ0v) is 16.8. The molecular formula is C14H18I2N4O2+2. The Morgan fingerprint density at radius 3 is 2.14 bits per heavy atom. The number of anilines is 1. The highest BCUT2D eigenvalue weighted by Crippen LogP contribution is 2.01. The summed E-state index contributed by atoms with van der Waals surface area (Å²) in [4.78, 5) is 23.6. The maximum Gasteiger partial charge on any atom is 0.326 e. The molecule has 6 nitrogen and oxygen atoms in total. The summed E-state index contributed by atoms with van der Waals surface area (Å²) in [6, 6.07) is 6.36.